The van der Waals surface area contributed by atoms with Crippen LogP contribution in [-0.2, 0) is 10.1 Å². The van der Waals surface area contributed by atoms with Crippen molar-refractivity contribution in [1.82, 2.24) is 0 Å². The molecule has 70 valence electrons. The van der Waals surface area contributed by atoms with Crippen LogP contribution < -0.4 is 29.6 Å². The molecule has 0 fully saturated rings. The molecule has 0 heterocycles. The monoisotopic (exact) mass is 225 g/mol. The van der Waals surface area contributed by atoms with Gasteiger partial charge in [0.2, 0.25) is 0 Å². The minimum absolute atomic E-state index is 0. The zero-order valence-electron chi connectivity index (χ0n) is 7.21. The van der Waals surface area contributed by atoms with Crippen LogP contribution >= 0.6 is 0 Å². The maximum absolute atomic E-state index is 10.4. The molecule has 1 aromatic rings. The average molecular weight is 225 g/mol. The molecular weight excluding hydrogens is 221 g/mol. The zero-order chi connectivity index (χ0) is 10.1. The second-order valence-electron chi connectivity index (χ2n) is 2.21. The first kappa shape index (κ1) is 13.5. The largest absolute Gasteiger partial charge is 1.00 e. The molecule has 0 saturated carbocycles. The van der Waals surface area contributed by atoms with Crippen molar-refractivity contribution in [3.8, 4) is 0 Å². The van der Waals surface area contributed by atoms with Crippen LogP contribution in [0.15, 0.2) is 29.2 Å². The van der Waals surface area contributed by atoms with Crippen LogP contribution in [0.25, 0.3) is 0 Å². The quantitative estimate of drug-likeness (QED) is 0.240. The van der Waals surface area contributed by atoms with Crippen molar-refractivity contribution in [3.63, 3.8) is 0 Å². The van der Waals surface area contributed by atoms with Gasteiger partial charge in [-0.05, 0) is 12.1 Å². The van der Waals surface area contributed by atoms with E-state index < -0.39 is 19.9 Å². The van der Waals surface area contributed by atoms with E-state index in [0.717, 1.165) is 24.3 Å². The Labute approximate surface area is 102 Å². The van der Waals surface area contributed by atoms with E-state index in [-0.39, 0.29) is 35.2 Å². The molecule has 0 N–H and O–H groups in total. The van der Waals surface area contributed by atoms with Gasteiger partial charge in [0.1, 0.15) is 10.1 Å². The fourth-order valence-corrected chi connectivity index (χ4v) is 1.20. The maximum atomic E-state index is 10.4. The molecule has 0 saturated heterocycles. The van der Waals surface area contributed by atoms with Crippen LogP contribution in [0.1, 0.15) is 0 Å². The topological polar surface area (TPSA) is 100 Å². The second-order valence-corrected chi connectivity index (χ2v) is 3.58. The number of nitro groups is 1. The van der Waals surface area contributed by atoms with Gasteiger partial charge >= 0.3 is 29.6 Å². The molecule has 0 aliphatic rings. The average Bonchev–Trinajstić information content (AvgIpc) is 2.03. The minimum Gasteiger partial charge on any atom is -0.744 e. The van der Waals surface area contributed by atoms with Gasteiger partial charge in [-0.3, -0.25) is 10.1 Å². The molecule has 0 bridgehead atoms. The number of non-ortho nitro benzene ring substituents is 1. The normalized spacial score (nSPS) is 10.4. The zero-order valence-corrected chi connectivity index (χ0v) is 10.0. The smallest absolute Gasteiger partial charge is 0.744 e. The Balaban J connectivity index is 0.00000169. The molecule has 0 spiro atoms. The SMILES string of the molecule is O=[N+]([O-])c1ccc(S(=O)(=O)[O-])cc1.[Na+]. The number of hydrogen-bond donors (Lipinski definition) is 0. The van der Waals surface area contributed by atoms with Crippen molar-refractivity contribution in [2.75, 3.05) is 0 Å². The van der Waals surface area contributed by atoms with Crippen molar-refractivity contribution in [3.05, 3.63) is 34.4 Å². The summed E-state index contributed by atoms with van der Waals surface area (Å²) in [5.74, 6) is 0. The summed E-state index contributed by atoms with van der Waals surface area (Å²) in [6, 6.07) is 3.73. The predicted molar refractivity (Wildman–Crippen MR) is 41.1 cm³/mol. The van der Waals surface area contributed by atoms with E-state index in [1.807, 2.05) is 0 Å². The predicted octanol–water partition coefficient (Wildman–Crippen LogP) is -2.50. The van der Waals surface area contributed by atoms with Crippen LogP contribution in [0.3, 0.4) is 0 Å². The molecule has 0 unspecified atom stereocenters. The molecule has 6 nitrogen and oxygen atoms in total. The Morgan fingerprint density at radius 2 is 1.57 bits per heavy atom. The summed E-state index contributed by atoms with van der Waals surface area (Å²) in [7, 11) is -4.52. The van der Waals surface area contributed by atoms with E-state index >= 15 is 0 Å². The van der Waals surface area contributed by atoms with Crippen molar-refractivity contribution in [2.45, 2.75) is 4.90 Å². The summed E-state index contributed by atoms with van der Waals surface area (Å²) < 4.78 is 31.2. The standard InChI is InChI=1S/C6H5NO5S.Na/c8-7(9)5-1-3-6(4-2-5)13(10,11)12;/h1-4H,(H,10,11,12);/q;+1/p-1. The van der Waals surface area contributed by atoms with Gasteiger partial charge in [0.15, 0.2) is 0 Å². The van der Waals surface area contributed by atoms with Crippen molar-refractivity contribution in [2.24, 2.45) is 0 Å². The summed E-state index contributed by atoms with van der Waals surface area (Å²) in [5.41, 5.74) is -0.257. The minimum atomic E-state index is -4.52. The Kier molecular flexibility index (Phi) is 4.69. The molecule has 0 aromatic heterocycles. The third-order valence-corrected chi connectivity index (χ3v) is 2.19. The second kappa shape index (κ2) is 4.85. The van der Waals surface area contributed by atoms with Gasteiger partial charge in [-0.2, -0.15) is 0 Å². The number of nitro benzene ring substituents is 1. The number of hydrogen-bond acceptors (Lipinski definition) is 5. The van der Waals surface area contributed by atoms with E-state index in [2.05, 4.69) is 0 Å². The molecule has 1 rings (SSSR count). The Morgan fingerprint density at radius 1 is 1.14 bits per heavy atom. The first-order valence-corrected chi connectivity index (χ1v) is 4.52. The van der Waals surface area contributed by atoms with Crippen LogP contribution in [0, 0.1) is 10.1 Å². The molecule has 0 aliphatic carbocycles. The molecule has 0 aliphatic heterocycles. The summed E-state index contributed by atoms with van der Waals surface area (Å²) in [5, 5.41) is 10.1. The van der Waals surface area contributed by atoms with Crippen LogP contribution in [0.2, 0.25) is 0 Å². The Bertz CT molecular complexity index is 426. The molecule has 0 atom stereocenters. The van der Waals surface area contributed by atoms with Crippen LogP contribution in [-0.4, -0.2) is 17.9 Å². The number of benzene rings is 1. The van der Waals surface area contributed by atoms with E-state index in [0.29, 0.717) is 0 Å². The van der Waals surface area contributed by atoms with Gasteiger partial charge in [0, 0.05) is 12.1 Å². The van der Waals surface area contributed by atoms with Crippen molar-refractivity contribution < 1.29 is 47.5 Å². The van der Waals surface area contributed by atoms with Gasteiger partial charge in [-0.15, -0.1) is 0 Å². The molecule has 8 heteroatoms. The first-order chi connectivity index (χ1) is 5.91. The van der Waals surface area contributed by atoms with Gasteiger partial charge in [0.05, 0.1) is 9.82 Å². The van der Waals surface area contributed by atoms with Gasteiger partial charge in [-0.1, -0.05) is 0 Å². The van der Waals surface area contributed by atoms with Gasteiger partial charge < -0.3 is 4.55 Å². The third kappa shape index (κ3) is 3.35. The fraction of sp³-hybridized carbons (Fsp3) is 0. The third-order valence-electron chi connectivity index (χ3n) is 1.34. The maximum Gasteiger partial charge on any atom is 1.00 e. The Hall–Kier alpha value is -0.470. The van der Waals surface area contributed by atoms with Gasteiger partial charge in [0.25, 0.3) is 5.69 Å². The molecule has 1 aromatic carbocycles. The number of rotatable bonds is 2. The summed E-state index contributed by atoms with van der Waals surface area (Å²) >= 11 is 0. The van der Waals surface area contributed by atoms with Gasteiger partial charge in [-0.25, -0.2) is 8.42 Å². The van der Waals surface area contributed by atoms with E-state index in [4.69, 9.17) is 0 Å². The van der Waals surface area contributed by atoms with E-state index in [9.17, 15) is 23.1 Å². The fourth-order valence-electron chi connectivity index (χ4n) is 0.735. The molecule has 0 amide bonds. The summed E-state index contributed by atoms with van der Waals surface area (Å²) in [6.45, 7) is 0. The molecular formula is C6H4NNaO5S. The van der Waals surface area contributed by atoms with Crippen LogP contribution in [0.5, 0.6) is 0 Å². The van der Waals surface area contributed by atoms with Crippen molar-refractivity contribution >= 4 is 15.8 Å². The van der Waals surface area contributed by atoms with Crippen LogP contribution in [0.4, 0.5) is 5.69 Å². The van der Waals surface area contributed by atoms with E-state index in [1.54, 1.807) is 0 Å². The van der Waals surface area contributed by atoms with E-state index in [1.165, 1.54) is 0 Å². The molecule has 0 radical (unpaired) electrons. The summed E-state index contributed by atoms with van der Waals surface area (Å²) in [4.78, 5) is 8.99. The Morgan fingerprint density at radius 3 is 1.86 bits per heavy atom. The summed E-state index contributed by atoms with van der Waals surface area (Å²) in [6.07, 6.45) is 0. The van der Waals surface area contributed by atoms with Crippen molar-refractivity contribution in [1.29, 1.82) is 0 Å². The molecule has 14 heavy (non-hydrogen) atoms. The number of nitrogens with zero attached hydrogens (tertiary/aromatic N) is 1. The first-order valence-electron chi connectivity index (χ1n) is 3.11.